The molecule has 1 amide bonds. The van der Waals surface area contributed by atoms with Crippen LogP contribution in [-0.4, -0.2) is 24.6 Å². The molecular weight excluding hydrogens is 326 g/mol. The van der Waals surface area contributed by atoms with Crippen LogP contribution in [0.5, 0.6) is 5.75 Å². The molecule has 124 valence electrons. The Morgan fingerprint density at radius 3 is 2.92 bits per heavy atom. The Morgan fingerprint density at radius 1 is 1.29 bits per heavy atom. The Kier molecular flexibility index (Phi) is 4.96. The Hall–Kier alpha value is -2.60. The Bertz CT molecular complexity index is 767. The predicted octanol–water partition coefficient (Wildman–Crippen LogP) is 2.77. The first-order valence-electron chi connectivity index (χ1n) is 7.57. The molecule has 2 heterocycles. The maximum Gasteiger partial charge on any atom is 0.338 e. The molecule has 2 aromatic rings. The van der Waals surface area contributed by atoms with Crippen molar-refractivity contribution in [2.75, 3.05) is 6.61 Å². The van der Waals surface area contributed by atoms with Crippen LogP contribution >= 0.6 is 11.3 Å². The number of thiophene rings is 1. The summed E-state index contributed by atoms with van der Waals surface area (Å²) in [5.74, 6) is -0.131. The topological polar surface area (TPSA) is 64.6 Å². The second-order valence-corrected chi connectivity index (χ2v) is 6.37. The van der Waals surface area contributed by atoms with Crippen molar-refractivity contribution in [1.82, 2.24) is 5.32 Å². The SMILES string of the molecule is C[C@@H](OC(=O)C1=Cc2ccccc2OC1)C(=O)NCc1cccs1. The van der Waals surface area contributed by atoms with Gasteiger partial charge in [-0.25, -0.2) is 4.79 Å². The molecule has 3 rings (SSSR count). The summed E-state index contributed by atoms with van der Waals surface area (Å²) in [4.78, 5) is 25.3. The number of para-hydroxylation sites is 1. The van der Waals surface area contributed by atoms with Gasteiger partial charge in [-0.05, 0) is 30.5 Å². The number of carbonyl (C=O) groups excluding carboxylic acids is 2. The molecule has 0 saturated carbocycles. The van der Waals surface area contributed by atoms with E-state index in [4.69, 9.17) is 9.47 Å². The first-order valence-corrected chi connectivity index (χ1v) is 8.45. The molecule has 1 aliphatic heterocycles. The monoisotopic (exact) mass is 343 g/mol. The summed E-state index contributed by atoms with van der Waals surface area (Å²) >= 11 is 1.56. The predicted molar refractivity (Wildman–Crippen MR) is 91.6 cm³/mol. The highest BCUT2D eigenvalue weighted by atomic mass is 32.1. The molecule has 0 spiro atoms. The summed E-state index contributed by atoms with van der Waals surface area (Å²) in [6.07, 6.45) is 0.868. The number of hydrogen-bond acceptors (Lipinski definition) is 5. The van der Waals surface area contributed by atoms with Gasteiger partial charge >= 0.3 is 5.97 Å². The highest BCUT2D eigenvalue weighted by molar-refractivity contribution is 7.09. The quantitative estimate of drug-likeness (QED) is 0.848. The average Bonchev–Trinajstić information content (AvgIpc) is 3.12. The van der Waals surface area contributed by atoms with Crippen LogP contribution in [0.1, 0.15) is 17.4 Å². The largest absolute Gasteiger partial charge is 0.488 e. The summed E-state index contributed by atoms with van der Waals surface area (Å²) in [7, 11) is 0. The lowest BCUT2D eigenvalue weighted by Crippen LogP contribution is -2.36. The lowest BCUT2D eigenvalue weighted by atomic mass is 10.1. The standard InChI is InChI=1S/C18H17NO4S/c1-12(17(20)19-10-15-6-4-8-24-15)23-18(21)14-9-13-5-2-3-7-16(13)22-11-14/h2-9,12H,10-11H2,1H3,(H,19,20)/t12-/m1/s1. The van der Waals surface area contributed by atoms with Gasteiger partial charge in [0.15, 0.2) is 6.10 Å². The molecule has 1 aliphatic rings. The van der Waals surface area contributed by atoms with Gasteiger partial charge < -0.3 is 14.8 Å². The zero-order valence-electron chi connectivity index (χ0n) is 13.2. The molecule has 5 nitrogen and oxygen atoms in total. The molecule has 6 heteroatoms. The van der Waals surface area contributed by atoms with Gasteiger partial charge in [-0.2, -0.15) is 0 Å². The maximum atomic E-state index is 12.2. The van der Waals surface area contributed by atoms with E-state index in [9.17, 15) is 9.59 Å². The summed E-state index contributed by atoms with van der Waals surface area (Å²) in [6, 6.07) is 11.3. The Morgan fingerprint density at radius 2 is 2.12 bits per heavy atom. The number of carbonyl (C=O) groups is 2. The van der Waals surface area contributed by atoms with E-state index in [1.807, 2.05) is 41.8 Å². The maximum absolute atomic E-state index is 12.2. The number of ether oxygens (including phenoxy) is 2. The molecule has 0 aliphatic carbocycles. The number of benzene rings is 1. The van der Waals surface area contributed by atoms with Crippen LogP contribution in [0, 0.1) is 0 Å². The molecule has 24 heavy (non-hydrogen) atoms. The summed E-state index contributed by atoms with van der Waals surface area (Å²) in [5.41, 5.74) is 1.22. The Balaban J connectivity index is 1.56. The van der Waals surface area contributed by atoms with Crippen LogP contribution in [0.2, 0.25) is 0 Å². The normalized spacial score (nSPS) is 14.0. The molecule has 0 saturated heterocycles. The molecule has 0 unspecified atom stereocenters. The van der Waals surface area contributed by atoms with E-state index in [0.717, 1.165) is 16.2 Å². The van der Waals surface area contributed by atoms with Crippen molar-refractivity contribution < 1.29 is 19.1 Å². The number of rotatable bonds is 5. The van der Waals surface area contributed by atoms with E-state index in [1.54, 1.807) is 24.3 Å². The van der Waals surface area contributed by atoms with Gasteiger partial charge in [0.2, 0.25) is 0 Å². The van der Waals surface area contributed by atoms with Gasteiger partial charge in [0.1, 0.15) is 12.4 Å². The van der Waals surface area contributed by atoms with Crippen molar-refractivity contribution in [2.24, 2.45) is 0 Å². The molecule has 0 bridgehead atoms. The summed E-state index contributed by atoms with van der Waals surface area (Å²) in [5, 5.41) is 4.70. The minimum Gasteiger partial charge on any atom is -0.488 e. The fraction of sp³-hybridized carbons (Fsp3) is 0.222. The molecule has 1 atom stereocenters. The minimum absolute atomic E-state index is 0.138. The second-order valence-electron chi connectivity index (χ2n) is 5.34. The van der Waals surface area contributed by atoms with Gasteiger partial charge in [0, 0.05) is 10.4 Å². The number of fused-ring (bicyclic) bond motifs is 1. The van der Waals surface area contributed by atoms with Crippen LogP contribution in [0.15, 0.2) is 47.4 Å². The smallest absolute Gasteiger partial charge is 0.338 e. The lowest BCUT2D eigenvalue weighted by molar-refractivity contribution is -0.151. The zero-order chi connectivity index (χ0) is 16.9. The van der Waals surface area contributed by atoms with Crippen molar-refractivity contribution >= 4 is 29.3 Å². The zero-order valence-corrected chi connectivity index (χ0v) is 14.0. The van der Waals surface area contributed by atoms with Gasteiger partial charge in [-0.3, -0.25) is 4.79 Å². The minimum atomic E-state index is -0.865. The lowest BCUT2D eigenvalue weighted by Gasteiger charge is -2.19. The van der Waals surface area contributed by atoms with Crippen molar-refractivity contribution in [3.8, 4) is 5.75 Å². The average molecular weight is 343 g/mol. The van der Waals surface area contributed by atoms with Crippen molar-refractivity contribution in [3.63, 3.8) is 0 Å². The summed E-state index contributed by atoms with van der Waals surface area (Å²) < 4.78 is 10.8. The molecule has 1 aromatic heterocycles. The third-order valence-electron chi connectivity index (χ3n) is 3.56. The van der Waals surface area contributed by atoms with Crippen LogP contribution < -0.4 is 10.1 Å². The van der Waals surface area contributed by atoms with Gasteiger partial charge in [0.25, 0.3) is 5.91 Å². The van der Waals surface area contributed by atoms with E-state index in [-0.39, 0.29) is 12.5 Å². The second kappa shape index (κ2) is 7.31. The third kappa shape index (κ3) is 3.83. The third-order valence-corrected chi connectivity index (χ3v) is 4.44. The van der Waals surface area contributed by atoms with Crippen LogP contribution in [-0.2, 0) is 20.9 Å². The Labute approximate surface area is 143 Å². The molecule has 1 N–H and O–H groups in total. The van der Waals surface area contributed by atoms with E-state index in [0.29, 0.717) is 12.1 Å². The van der Waals surface area contributed by atoms with Crippen LogP contribution in [0.3, 0.4) is 0 Å². The molecular formula is C18H17NO4S. The van der Waals surface area contributed by atoms with E-state index >= 15 is 0 Å². The molecule has 0 radical (unpaired) electrons. The fourth-order valence-corrected chi connectivity index (χ4v) is 2.90. The molecule has 1 aromatic carbocycles. The first kappa shape index (κ1) is 16.3. The van der Waals surface area contributed by atoms with Crippen molar-refractivity contribution in [1.29, 1.82) is 0 Å². The number of amides is 1. The van der Waals surface area contributed by atoms with Gasteiger partial charge in [0.05, 0.1) is 12.1 Å². The number of nitrogens with one attached hydrogen (secondary N) is 1. The van der Waals surface area contributed by atoms with Crippen LogP contribution in [0.25, 0.3) is 6.08 Å². The van der Waals surface area contributed by atoms with Gasteiger partial charge in [-0.1, -0.05) is 24.3 Å². The van der Waals surface area contributed by atoms with E-state index in [2.05, 4.69) is 5.32 Å². The van der Waals surface area contributed by atoms with E-state index in [1.165, 1.54) is 0 Å². The highest BCUT2D eigenvalue weighted by Gasteiger charge is 2.23. The summed E-state index contributed by atoms with van der Waals surface area (Å²) in [6.45, 7) is 2.12. The van der Waals surface area contributed by atoms with Crippen molar-refractivity contribution in [3.05, 3.63) is 57.8 Å². The number of esters is 1. The fourth-order valence-electron chi connectivity index (χ4n) is 2.25. The van der Waals surface area contributed by atoms with Crippen molar-refractivity contribution in [2.45, 2.75) is 19.6 Å². The highest BCUT2D eigenvalue weighted by Crippen LogP contribution is 2.26. The van der Waals surface area contributed by atoms with E-state index < -0.39 is 12.1 Å². The number of hydrogen-bond donors (Lipinski definition) is 1. The van der Waals surface area contributed by atoms with Crippen LogP contribution in [0.4, 0.5) is 0 Å². The molecule has 0 fully saturated rings. The van der Waals surface area contributed by atoms with Gasteiger partial charge in [-0.15, -0.1) is 11.3 Å². The first-order chi connectivity index (χ1) is 11.6.